The summed E-state index contributed by atoms with van der Waals surface area (Å²) in [4.78, 5) is 2.36. The van der Waals surface area contributed by atoms with Gasteiger partial charge >= 0.3 is 0 Å². The Bertz CT molecular complexity index is 835. The average Bonchev–Trinajstić information content (AvgIpc) is 3.23. The van der Waals surface area contributed by atoms with Gasteiger partial charge in [0.05, 0.1) is 11.9 Å². The fourth-order valence-corrected chi connectivity index (χ4v) is 3.63. The van der Waals surface area contributed by atoms with Gasteiger partial charge in [0.15, 0.2) is 0 Å². The largest absolute Gasteiger partial charge is 0.326 e. The summed E-state index contributed by atoms with van der Waals surface area (Å²) in [5.74, 6) is 0.114. The predicted molar refractivity (Wildman–Crippen MR) is 104 cm³/mol. The summed E-state index contributed by atoms with van der Waals surface area (Å²) in [6.45, 7) is 2.56. The topological polar surface area (TPSA) is 57.9 Å². The summed E-state index contributed by atoms with van der Waals surface area (Å²) in [6.07, 6.45) is 1.85. The van der Waals surface area contributed by atoms with E-state index in [1.54, 1.807) is 12.1 Å². The molecule has 1 fully saturated rings. The number of nitrogens with one attached hydrogen (secondary N) is 1. The Balaban J connectivity index is 0.00000196. The Morgan fingerprint density at radius 2 is 1.81 bits per heavy atom. The van der Waals surface area contributed by atoms with Gasteiger partial charge in [-0.2, -0.15) is 5.10 Å². The lowest BCUT2D eigenvalue weighted by atomic mass is 9.95. The van der Waals surface area contributed by atoms with Crippen LogP contribution in [0.15, 0.2) is 60.8 Å². The predicted octanol–water partition coefficient (Wildman–Crippen LogP) is 3.56. The SMILES string of the molecule is Cl.N[C@@H]1CN(Cc2cn[nH]c2-c2ccc(F)cc2)C[C@H]1c1ccccc1. The molecule has 0 bridgehead atoms. The second-order valence-corrected chi connectivity index (χ2v) is 6.65. The van der Waals surface area contributed by atoms with Crippen molar-refractivity contribution in [2.75, 3.05) is 13.1 Å². The third-order valence-corrected chi connectivity index (χ3v) is 4.91. The van der Waals surface area contributed by atoms with Crippen LogP contribution in [0.2, 0.25) is 0 Å². The Morgan fingerprint density at radius 1 is 1.08 bits per heavy atom. The van der Waals surface area contributed by atoms with Crippen LogP contribution in [-0.2, 0) is 6.54 Å². The van der Waals surface area contributed by atoms with E-state index in [0.717, 1.165) is 36.5 Å². The van der Waals surface area contributed by atoms with Gasteiger partial charge in [-0.15, -0.1) is 12.4 Å². The maximum absolute atomic E-state index is 13.2. The van der Waals surface area contributed by atoms with Gasteiger partial charge in [-0.3, -0.25) is 10.00 Å². The van der Waals surface area contributed by atoms with E-state index >= 15 is 0 Å². The summed E-state index contributed by atoms with van der Waals surface area (Å²) in [5.41, 5.74) is 10.7. The number of hydrogen-bond donors (Lipinski definition) is 2. The molecule has 4 rings (SSSR count). The zero-order chi connectivity index (χ0) is 17.2. The molecule has 2 heterocycles. The van der Waals surface area contributed by atoms with E-state index in [4.69, 9.17) is 5.73 Å². The van der Waals surface area contributed by atoms with E-state index < -0.39 is 0 Å². The smallest absolute Gasteiger partial charge is 0.123 e. The molecular formula is C20H22ClFN4. The summed E-state index contributed by atoms with van der Waals surface area (Å²) in [5, 5.41) is 7.22. The number of benzene rings is 2. The molecule has 1 aliphatic heterocycles. The number of rotatable bonds is 4. The Labute approximate surface area is 158 Å². The second-order valence-electron chi connectivity index (χ2n) is 6.65. The van der Waals surface area contributed by atoms with Crippen LogP contribution in [0.3, 0.4) is 0 Å². The van der Waals surface area contributed by atoms with Gasteiger partial charge in [0.1, 0.15) is 5.82 Å². The molecule has 136 valence electrons. The van der Waals surface area contributed by atoms with Gasteiger partial charge in [0.2, 0.25) is 0 Å². The first-order valence-corrected chi connectivity index (χ1v) is 8.52. The standard InChI is InChI=1S/C20H21FN4.ClH/c21-17-8-6-15(7-9-17)20-16(10-23-24-20)11-25-12-18(19(22)13-25)14-4-2-1-3-5-14;/h1-10,18-19H,11-13,22H2,(H,23,24);1H/t18-,19+;/m0./s1. The Hall–Kier alpha value is -2.21. The monoisotopic (exact) mass is 372 g/mol. The fourth-order valence-electron chi connectivity index (χ4n) is 3.63. The molecule has 6 heteroatoms. The lowest BCUT2D eigenvalue weighted by molar-refractivity contribution is 0.324. The minimum absolute atomic E-state index is 0. The van der Waals surface area contributed by atoms with Gasteiger partial charge in [0.25, 0.3) is 0 Å². The normalized spacial score (nSPS) is 20.1. The van der Waals surface area contributed by atoms with E-state index in [1.807, 2.05) is 12.3 Å². The summed E-state index contributed by atoms with van der Waals surface area (Å²) in [7, 11) is 0. The zero-order valence-corrected chi connectivity index (χ0v) is 15.1. The number of aromatic amines is 1. The first kappa shape index (κ1) is 18.6. The van der Waals surface area contributed by atoms with Crippen LogP contribution in [0, 0.1) is 5.82 Å². The Kier molecular flexibility index (Phi) is 5.71. The lowest BCUT2D eigenvalue weighted by Crippen LogP contribution is -2.28. The molecule has 0 aliphatic carbocycles. The molecule has 2 aromatic carbocycles. The molecule has 1 saturated heterocycles. The van der Waals surface area contributed by atoms with Crippen molar-refractivity contribution in [1.82, 2.24) is 15.1 Å². The minimum Gasteiger partial charge on any atom is -0.326 e. The van der Waals surface area contributed by atoms with Crippen molar-refractivity contribution in [3.63, 3.8) is 0 Å². The molecule has 2 atom stereocenters. The van der Waals surface area contributed by atoms with Crippen LogP contribution in [0.25, 0.3) is 11.3 Å². The number of aromatic nitrogens is 2. The maximum Gasteiger partial charge on any atom is 0.123 e. The number of halogens is 2. The first-order chi connectivity index (χ1) is 12.2. The highest BCUT2D eigenvalue weighted by atomic mass is 35.5. The van der Waals surface area contributed by atoms with Crippen molar-refractivity contribution in [2.45, 2.75) is 18.5 Å². The summed E-state index contributed by atoms with van der Waals surface area (Å²) >= 11 is 0. The minimum atomic E-state index is -0.235. The molecule has 3 N–H and O–H groups in total. The number of nitrogens with two attached hydrogens (primary N) is 1. The van der Waals surface area contributed by atoms with Gasteiger partial charge < -0.3 is 5.73 Å². The third kappa shape index (κ3) is 3.80. The molecule has 3 aromatic rings. The van der Waals surface area contributed by atoms with Crippen LogP contribution in [0.5, 0.6) is 0 Å². The molecular weight excluding hydrogens is 351 g/mol. The lowest BCUT2D eigenvalue weighted by Gasteiger charge is -2.16. The molecule has 0 saturated carbocycles. The summed E-state index contributed by atoms with van der Waals surface area (Å²) in [6, 6.07) is 17.1. The van der Waals surface area contributed by atoms with Crippen LogP contribution in [0.4, 0.5) is 4.39 Å². The van der Waals surface area contributed by atoms with Crippen molar-refractivity contribution in [1.29, 1.82) is 0 Å². The highest BCUT2D eigenvalue weighted by molar-refractivity contribution is 5.85. The van der Waals surface area contributed by atoms with Crippen molar-refractivity contribution in [3.8, 4) is 11.3 Å². The van der Waals surface area contributed by atoms with Gasteiger partial charge in [-0.05, 0) is 29.8 Å². The van der Waals surface area contributed by atoms with Crippen LogP contribution in [-0.4, -0.2) is 34.2 Å². The van der Waals surface area contributed by atoms with Crippen LogP contribution < -0.4 is 5.73 Å². The number of hydrogen-bond acceptors (Lipinski definition) is 3. The second kappa shape index (κ2) is 7.99. The third-order valence-electron chi connectivity index (χ3n) is 4.91. The molecule has 0 unspecified atom stereocenters. The van der Waals surface area contributed by atoms with E-state index in [9.17, 15) is 4.39 Å². The van der Waals surface area contributed by atoms with Crippen molar-refractivity contribution in [2.24, 2.45) is 5.73 Å². The van der Waals surface area contributed by atoms with E-state index in [0.29, 0.717) is 5.92 Å². The maximum atomic E-state index is 13.2. The zero-order valence-electron chi connectivity index (χ0n) is 14.3. The molecule has 1 aliphatic rings. The van der Waals surface area contributed by atoms with E-state index in [1.165, 1.54) is 17.7 Å². The van der Waals surface area contributed by atoms with Crippen LogP contribution >= 0.6 is 12.4 Å². The van der Waals surface area contributed by atoms with Crippen LogP contribution in [0.1, 0.15) is 17.0 Å². The molecule has 0 radical (unpaired) electrons. The van der Waals surface area contributed by atoms with Crippen molar-refractivity contribution < 1.29 is 4.39 Å². The molecule has 0 amide bonds. The van der Waals surface area contributed by atoms with Gasteiger partial charge in [-0.25, -0.2) is 4.39 Å². The molecule has 1 aromatic heterocycles. The van der Waals surface area contributed by atoms with Crippen molar-refractivity contribution in [3.05, 3.63) is 77.7 Å². The van der Waals surface area contributed by atoms with Crippen molar-refractivity contribution >= 4 is 12.4 Å². The molecule has 26 heavy (non-hydrogen) atoms. The first-order valence-electron chi connectivity index (χ1n) is 8.52. The highest BCUT2D eigenvalue weighted by Crippen LogP contribution is 2.29. The number of likely N-dealkylation sites (tertiary alicyclic amines) is 1. The summed E-state index contributed by atoms with van der Waals surface area (Å²) < 4.78 is 13.2. The highest BCUT2D eigenvalue weighted by Gasteiger charge is 2.31. The average molecular weight is 373 g/mol. The quantitative estimate of drug-likeness (QED) is 0.736. The van der Waals surface area contributed by atoms with E-state index in [-0.39, 0.29) is 24.3 Å². The van der Waals surface area contributed by atoms with Gasteiger partial charge in [-0.1, -0.05) is 30.3 Å². The fraction of sp³-hybridized carbons (Fsp3) is 0.250. The number of H-pyrrole nitrogens is 1. The Morgan fingerprint density at radius 3 is 2.54 bits per heavy atom. The van der Waals surface area contributed by atoms with E-state index in [2.05, 4.69) is 39.4 Å². The van der Waals surface area contributed by atoms with Gasteiger partial charge in [0, 0.05) is 42.7 Å². The molecule has 0 spiro atoms. The number of nitrogens with zero attached hydrogens (tertiary/aromatic N) is 2. The molecule has 4 nitrogen and oxygen atoms in total.